The molecule has 0 saturated carbocycles. The van der Waals surface area contributed by atoms with Crippen molar-refractivity contribution < 1.29 is 4.79 Å². The second-order valence-corrected chi connectivity index (χ2v) is 6.48. The first-order chi connectivity index (χ1) is 12.1. The molecule has 3 aromatic rings. The van der Waals surface area contributed by atoms with Crippen LogP contribution in [0.4, 0.5) is 0 Å². The van der Waals surface area contributed by atoms with Gasteiger partial charge in [-0.25, -0.2) is 9.50 Å². The van der Waals surface area contributed by atoms with E-state index in [9.17, 15) is 4.79 Å². The van der Waals surface area contributed by atoms with E-state index in [1.807, 2.05) is 43.1 Å². The van der Waals surface area contributed by atoms with E-state index in [1.54, 1.807) is 10.7 Å². The fourth-order valence-corrected chi connectivity index (χ4v) is 3.48. The van der Waals surface area contributed by atoms with Gasteiger partial charge in [0.2, 0.25) is 5.82 Å². The number of carbonyl (C=O) groups excluding carboxylic acids is 1. The predicted molar refractivity (Wildman–Crippen MR) is 92.1 cm³/mol. The summed E-state index contributed by atoms with van der Waals surface area (Å²) in [6.07, 6.45) is 6.61. The Bertz CT molecular complexity index is 920. The highest BCUT2D eigenvalue weighted by Gasteiger charge is 2.31. The zero-order valence-electron chi connectivity index (χ0n) is 14.4. The van der Waals surface area contributed by atoms with Crippen LogP contribution in [0, 0.1) is 13.8 Å². The molecule has 7 heteroatoms. The van der Waals surface area contributed by atoms with Crippen LogP contribution in [-0.2, 0) is 0 Å². The Kier molecular flexibility index (Phi) is 3.91. The lowest BCUT2D eigenvalue weighted by Gasteiger charge is -2.35. The third-order valence-corrected chi connectivity index (χ3v) is 4.64. The average Bonchev–Trinajstić information content (AvgIpc) is 3.06. The Labute approximate surface area is 145 Å². The van der Waals surface area contributed by atoms with Gasteiger partial charge in [-0.05, 0) is 50.8 Å². The fourth-order valence-electron chi connectivity index (χ4n) is 3.48. The molecule has 4 rings (SSSR count). The van der Waals surface area contributed by atoms with Gasteiger partial charge in [0, 0.05) is 30.3 Å². The normalized spacial score (nSPS) is 17.8. The zero-order chi connectivity index (χ0) is 17.4. The van der Waals surface area contributed by atoms with Crippen molar-refractivity contribution in [3.05, 3.63) is 53.4 Å². The highest BCUT2D eigenvalue weighted by molar-refractivity contribution is 5.91. The number of likely N-dealkylation sites (tertiary alicyclic amines) is 1. The second kappa shape index (κ2) is 6.23. The minimum absolute atomic E-state index is 0.0253. The van der Waals surface area contributed by atoms with Crippen LogP contribution in [0.2, 0.25) is 0 Å². The summed E-state index contributed by atoms with van der Waals surface area (Å²) in [4.78, 5) is 27.9. The summed E-state index contributed by atoms with van der Waals surface area (Å²) >= 11 is 0. The molecular weight excluding hydrogens is 316 g/mol. The number of hydrogen-bond acceptors (Lipinski definition) is 5. The van der Waals surface area contributed by atoms with Gasteiger partial charge in [0.1, 0.15) is 0 Å². The third-order valence-electron chi connectivity index (χ3n) is 4.64. The molecule has 7 nitrogen and oxygen atoms in total. The molecule has 1 saturated heterocycles. The molecule has 25 heavy (non-hydrogen) atoms. The lowest BCUT2D eigenvalue weighted by Crippen LogP contribution is -2.39. The maximum absolute atomic E-state index is 13.1. The topological polar surface area (TPSA) is 76.3 Å². The first-order valence-electron chi connectivity index (χ1n) is 8.55. The van der Waals surface area contributed by atoms with Crippen molar-refractivity contribution in [2.24, 2.45) is 0 Å². The molecule has 1 fully saturated rings. The standard InChI is InChI=1S/C18H20N6O/c1-12-10-13(2)24-18(20-12)21-16(22-24)17(25)23-9-4-3-7-15(23)14-6-5-8-19-11-14/h5-6,8,10-11,15H,3-4,7,9H2,1-2H3/t15-/m1/s1. The molecule has 1 aliphatic heterocycles. The van der Waals surface area contributed by atoms with Gasteiger partial charge >= 0.3 is 0 Å². The van der Waals surface area contributed by atoms with Gasteiger partial charge in [-0.3, -0.25) is 9.78 Å². The molecule has 128 valence electrons. The number of pyridine rings is 1. The Morgan fingerprint density at radius 3 is 2.92 bits per heavy atom. The van der Waals surface area contributed by atoms with Gasteiger partial charge in [-0.15, -0.1) is 5.10 Å². The number of fused-ring (bicyclic) bond motifs is 1. The first-order valence-corrected chi connectivity index (χ1v) is 8.55. The number of piperidine rings is 1. The fraction of sp³-hybridized carbons (Fsp3) is 0.389. The molecule has 1 atom stereocenters. The molecule has 1 aliphatic rings. The van der Waals surface area contributed by atoms with Gasteiger partial charge in [-0.1, -0.05) is 6.07 Å². The lowest BCUT2D eigenvalue weighted by atomic mass is 9.96. The number of aryl methyl sites for hydroxylation is 2. The summed E-state index contributed by atoms with van der Waals surface area (Å²) in [5.41, 5.74) is 2.84. The highest BCUT2D eigenvalue weighted by atomic mass is 16.2. The highest BCUT2D eigenvalue weighted by Crippen LogP contribution is 2.31. The van der Waals surface area contributed by atoms with Crippen LogP contribution in [0.3, 0.4) is 0 Å². The number of aromatic nitrogens is 5. The Hall–Kier alpha value is -2.83. The number of nitrogens with zero attached hydrogens (tertiary/aromatic N) is 6. The molecule has 1 amide bonds. The van der Waals surface area contributed by atoms with Crippen LogP contribution in [0.25, 0.3) is 5.78 Å². The van der Waals surface area contributed by atoms with Gasteiger partial charge in [0.25, 0.3) is 11.7 Å². The van der Waals surface area contributed by atoms with Crippen LogP contribution in [-0.4, -0.2) is 41.9 Å². The van der Waals surface area contributed by atoms with E-state index in [1.165, 1.54) is 0 Å². The SMILES string of the molecule is Cc1cc(C)n2nc(C(=O)N3CCCC[C@@H]3c3cccnc3)nc2n1. The largest absolute Gasteiger partial charge is 0.329 e. The monoisotopic (exact) mass is 336 g/mol. The van der Waals surface area contributed by atoms with E-state index in [0.29, 0.717) is 12.3 Å². The van der Waals surface area contributed by atoms with E-state index < -0.39 is 0 Å². The minimum Gasteiger partial charge on any atom is -0.329 e. The van der Waals surface area contributed by atoms with Crippen LogP contribution in [0.1, 0.15) is 52.9 Å². The van der Waals surface area contributed by atoms with Gasteiger partial charge in [0.15, 0.2) is 0 Å². The van der Waals surface area contributed by atoms with Crippen molar-refractivity contribution in [1.82, 2.24) is 29.5 Å². The smallest absolute Gasteiger partial charge is 0.294 e. The van der Waals surface area contributed by atoms with Gasteiger partial charge in [-0.2, -0.15) is 4.98 Å². The van der Waals surface area contributed by atoms with E-state index in [2.05, 4.69) is 20.1 Å². The average molecular weight is 336 g/mol. The molecule has 0 N–H and O–H groups in total. The van der Waals surface area contributed by atoms with Crippen molar-refractivity contribution in [1.29, 1.82) is 0 Å². The molecule has 0 aromatic carbocycles. The molecule has 0 spiro atoms. The summed E-state index contributed by atoms with van der Waals surface area (Å²) in [6, 6.07) is 5.88. The van der Waals surface area contributed by atoms with Crippen molar-refractivity contribution in [3.63, 3.8) is 0 Å². The van der Waals surface area contributed by atoms with E-state index in [4.69, 9.17) is 0 Å². The predicted octanol–water partition coefficient (Wildman–Crippen LogP) is 2.50. The number of rotatable bonds is 2. The molecule has 0 radical (unpaired) electrons. The maximum Gasteiger partial charge on any atom is 0.294 e. The zero-order valence-corrected chi connectivity index (χ0v) is 14.4. The molecule has 3 aromatic heterocycles. The van der Waals surface area contributed by atoms with Crippen molar-refractivity contribution in [2.45, 2.75) is 39.2 Å². The lowest BCUT2D eigenvalue weighted by molar-refractivity contribution is 0.0598. The van der Waals surface area contributed by atoms with Crippen molar-refractivity contribution in [3.8, 4) is 0 Å². The summed E-state index contributed by atoms with van der Waals surface area (Å²) < 4.78 is 1.63. The first kappa shape index (κ1) is 15.7. The second-order valence-electron chi connectivity index (χ2n) is 6.48. The summed E-state index contributed by atoms with van der Waals surface area (Å²) in [5, 5.41) is 4.39. The summed E-state index contributed by atoms with van der Waals surface area (Å²) in [7, 11) is 0. The van der Waals surface area contributed by atoms with Crippen LogP contribution < -0.4 is 0 Å². The molecule has 4 heterocycles. The van der Waals surface area contributed by atoms with E-state index >= 15 is 0 Å². The van der Waals surface area contributed by atoms with Gasteiger partial charge in [0.05, 0.1) is 6.04 Å². The molecular formula is C18H20N6O. The number of carbonyl (C=O) groups is 1. The minimum atomic E-state index is -0.142. The number of amides is 1. The number of hydrogen-bond donors (Lipinski definition) is 0. The van der Waals surface area contributed by atoms with Crippen molar-refractivity contribution in [2.75, 3.05) is 6.54 Å². The Balaban J connectivity index is 1.70. The van der Waals surface area contributed by atoms with E-state index in [0.717, 1.165) is 36.2 Å². The van der Waals surface area contributed by atoms with E-state index in [-0.39, 0.29) is 17.8 Å². The Morgan fingerprint density at radius 1 is 1.24 bits per heavy atom. The maximum atomic E-state index is 13.1. The quantitative estimate of drug-likeness (QED) is 0.719. The van der Waals surface area contributed by atoms with Crippen LogP contribution in [0.5, 0.6) is 0 Å². The summed E-state index contributed by atoms with van der Waals surface area (Å²) in [6.45, 7) is 4.55. The molecule has 0 unspecified atom stereocenters. The molecule has 0 bridgehead atoms. The van der Waals surface area contributed by atoms with Crippen LogP contribution in [0.15, 0.2) is 30.6 Å². The van der Waals surface area contributed by atoms with Crippen molar-refractivity contribution >= 4 is 11.7 Å². The van der Waals surface area contributed by atoms with Crippen LogP contribution >= 0.6 is 0 Å². The third kappa shape index (κ3) is 2.86. The summed E-state index contributed by atoms with van der Waals surface area (Å²) in [5.74, 6) is 0.531. The molecule has 0 aliphatic carbocycles. The van der Waals surface area contributed by atoms with Gasteiger partial charge < -0.3 is 4.90 Å². The Morgan fingerprint density at radius 2 is 2.12 bits per heavy atom.